The Morgan fingerprint density at radius 3 is 2.50 bits per heavy atom. The van der Waals surface area contributed by atoms with Gasteiger partial charge in [0, 0.05) is 0 Å². The second-order valence-electron chi connectivity index (χ2n) is 5.91. The number of carbonyl (C=O) groups is 1. The molecule has 3 nitrogen and oxygen atoms in total. The number of halogens is 1. The van der Waals surface area contributed by atoms with E-state index in [0.29, 0.717) is 13.0 Å². The first kappa shape index (κ1) is 19.0. The van der Waals surface area contributed by atoms with E-state index in [9.17, 15) is 4.79 Å². The SMILES string of the molecule is CC[NH+](CC)CCOC(=O)Cc1ccc2c(c1)CCCC2.[Cl-]. The number of rotatable bonds is 7. The van der Waals surface area contributed by atoms with Crippen molar-refractivity contribution in [2.45, 2.75) is 46.0 Å². The molecule has 0 amide bonds. The Hall–Kier alpha value is -1.06. The zero-order valence-electron chi connectivity index (χ0n) is 13.8. The van der Waals surface area contributed by atoms with E-state index >= 15 is 0 Å². The van der Waals surface area contributed by atoms with E-state index in [1.54, 1.807) is 0 Å². The lowest BCUT2D eigenvalue weighted by Crippen LogP contribution is -3.11. The van der Waals surface area contributed by atoms with E-state index in [0.717, 1.165) is 31.6 Å². The number of ether oxygens (including phenoxy) is 1. The first-order valence-electron chi connectivity index (χ1n) is 8.32. The van der Waals surface area contributed by atoms with Crippen molar-refractivity contribution in [2.24, 2.45) is 0 Å². The van der Waals surface area contributed by atoms with Crippen molar-refractivity contribution in [2.75, 3.05) is 26.2 Å². The number of likely N-dealkylation sites (N-methyl/N-ethyl adjacent to an activating group) is 1. The molecule has 0 saturated carbocycles. The van der Waals surface area contributed by atoms with Crippen LogP contribution in [0.4, 0.5) is 0 Å². The van der Waals surface area contributed by atoms with Gasteiger partial charge in [0.25, 0.3) is 0 Å². The second-order valence-corrected chi connectivity index (χ2v) is 5.91. The molecule has 0 unspecified atom stereocenters. The molecule has 0 aromatic heterocycles. The van der Waals surface area contributed by atoms with Gasteiger partial charge in [-0.25, -0.2) is 0 Å². The quantitative estimate of drug-likeness (QED) is 0.624. The minimum atomic E-state index is -0.0997. The summed E-state index contributed by atoms with van der Waals surface area (Å²) in [4.78, 5) is 13.4. The van der Waals surface area contributed by atoms with Gasteiger partial charge in [-0.05, 0) is 56.2 Å². The van der Waals surface area contributed by atoms with Crippen LogP contribution in [-0.4, -0.2) is 32.2 Å². The monoisotopic (exact) mass is 325 g/mol. The Kier molecular flexibility index (Phi) is 8.51. The minimum absolute atomic E-state index is 0. The summed E-state index contributed by atoms with van der Waals surface area (Å²) >= 11 is 0. The van der Waals surface area contributed by atoms with E-state index in [1.165, 1.54) is 35.3 Å². The molecule has 1 aromatic rings. The number of benzene rings is 1. The van der Waals surface area contributed by atoms with Crippen LogP contribution in [-0.2, 0) is 28.8 Å². The van der Waals surface area contributed by atoms with E-state index < -0.39 is 0 Å². The topological polar surface area (TPSA) is 30.7 Å². The summed E-state index contributed by atoms with van der Waals surface area (Å²) in [6.45, 7) is 7.92. The number of fused-ring (bicyclic) bond motifs is 1. The molecule has 22 heavy (non-hydrogen) atoms. The zero-order chi connectivity index (χ0) is 15.1. The Morgan fingerprint density at radius 1 is 1.14 bits per heavy atom. The molecule has 0 heterocycles. The molecular weight excluding hydrogens is 298 g/mol. The van der Waals surface area contributed by atoms with Gasteiger partial charge in [0.2, 0.25) is 0 Å². The molecule has 2 rings (SSSR count). The standard InChI is InChI=1S/C18H27NO2.ClH/c1-3-19(4-2)11-12-21-18(20)14-15-9-10-16-7-5-6-8-17(16)13-15;/h9-10,13H,3-8,11-12,14H2,1-2H3;1H. The van der Waals surface area contributed by atoms with Gasteiger partial charge in [-0.2, -0.15) is 0 Å². The smallest absolute Gasteiger partial charge is 0.310 e. The van der Waals surface area contributed by atoms with E-state index in [4.69, 9.17) is 4.74 Å². The maximum Gasteiger partial charge on any atom is 0.310 e. The van der Waals surface area contributed by atoms with Crippen LogP contribution in [0.3, 0.4) is 0 Å². The van der Waals surface area contributed by atoms with Gasteiger partial charge in [0.05, 0.1) is 19.5 Å². The van der Waals surface area contributed by atoms with Crippen LogP contribution >= 0.6 is 0 Å². The number of hydrogen-bond donors (Lipinski definition) is 1. The van der Waals surface area contributed by atoms with Gasteiger partial charge >= 0.3 is 5.97 Å². The van der Waals surface area contributed by atoms with Crippen molar-refractivity contribution in [1.82, 2.24) is 0 Å². The molecule has 0 bridgehead atoms. The molecule has 4 heteroatoms. The van der Waals surface area contributed by atoms with Gasteiger partial charge in [-0.15, -0.1) is 0 Å². The third-order valence-electron chi connectivity index (χ3n) is 4.48. The summed E-state index contributed by atoms with van der Waals surface area (Å²) < 4.78 is 5.36. The fraction of sp³-hybridized carbons (Fsp3) is 0.611. The molecular formula is C18H28ClNO2. The number of nitrogens with one attached hydrogen (secondary N) is 1. The van der Waals surface area contributed by atoms with Crippen LogP contribution < -0.4 is 17.3 Å². The summed E-state index contributed by atoms with van der Waals surface area (Å²) in [6.07, 6.45) is 5.31. The maximum atomic E-state index is 11.9. The molecule has 1 N–H and O–H groups in total. The molecule has 1 aliphatic carbocycles. The van der Waals surface area contributed by atoms with Gasteiger partial charge in [0.15, 0.2) is 0 Å². The Bertz CT molecular complexity index is 472. The maximum absolute atomic E-state index is 11.9. The van der Waals surface area contributed by atoms with Crippen LogP contribution in [0.15, 0.2) is 18.2 Å². The first-order valence-corrected chi connectivity index (χ1v) is 8.32. The summed E-state index contributed by atoms with van der Waals surface area (Å²) in [7, 11) is 0. The molecule has 1 aromatic carbocycles. The number of esters is 1. The lowest BCUT2D eigenvalue weighted by molar-refractivity contribution is -0.896. The third-order valence-corrected chi connectivity index (χ3v) is 4.48. The van der Waals surface area contributed by atoms with Gasteiger partial charge in [0.1, 0.15) is 13.2 Å². The Labute approximate surface area is 140 Å². The highest BCUT2D eigenvalue weighted by Crippen LogP contribution is 2.22. The van der Waals surface area contributed by atoms with E-state index in [-0.39, 0.29) is 18.4 Å². The third kappa shape index (κ3) is 5.62. The van der Waals surface area contributed by atoms with Crippen LogP contribution in [0.5, 0.6) is 0 Å². The van der Waals surface area contributed by atoms with Crippen molar-refractivity contribution in [3.8, 4) is 0 Å². The molecule has 0 spiro atoms. The normalized spacial score (nSPS) is 13.4. The summed E-state index contributed by atoms with van der Waals surface area (Å²) in [5.41, 5.74) is 3.98. The molecule has 0 aliphatic heterocycles. The summed E-state index contributed by atoms with van der Waals surface area (Å²) in [5, 5.41) is 0. The molecule has 0 saturated heterocycles. The molecule has 124 valence electrons. The predicted molar refractivity (Wildman–Crippen MR) is 84.7 cm³/mol. The van der Waals surface area contributed by atoms with Gasteiger partial charge in [-0.1, -0.05) is 18.2 Å². The van der Waals surface area contributed by atoms with Crippen LogP contribution in [0.2, 0.25) is 0 Å². The van der Waals surface area contributed by atoms with Crippen molar-refractivity contribution in [1.29, 1.82) is 0 Å². The summed E-state index contributed by atoms with van der Waals surface area (Å²) in [5.74, 6) is -0.0997. The van der Waals surface area contributed by atoms with Crippen LogP contribution in [0.25, 0.3) is 0 Å². The Morgan fingerprint density at radius 2 is 1.82 bits per heavy atom. The fourth-order valence-corrected chi connectivity index (χ4v) is 3.03. The number of carbonyl (C=O) groups excluding carboxylic acids is 1. The average molecular weight is 326 g/mol. The largest absolute Gasteiger partial charge is 1.00 e. The highest BCUT2D eigenvalue weighted by atomic mass is 35.5. The number of hydrogen-bond acceptors (Lipinski definition) is 2. The minimum Gasteiger partial charge on any atom is -1.00 e. The number of aryl methyl sites for hydroxylation is 2. The lowest BCUT2D eigenvalue weighted by atomic mass is 9.90. The molecule has 0 radical (unpaired) electrons. The first-order chi connectivity index (χ1) is 10.2. The lowest BCUT2D eigenvalue weighted by Gasteiger charge is -2.17. The predicted octanol–water partition coefficient (Wildman–Crippen LogP) is -1.42. The van der Waals surface area contributed by atoms with Crippen molar-refractivity contribution in [3.63, 3.8) is 0 Å². The highest BCUT2D eigenvalue weighted by molar-refractivity contribution is 5.72. The molecule has 0 atom stereocenters. The van der Waals surface area contributed by atoms with Crippen molar-refractivity contribution < 1.29 is 26.8 Å². The molecule has 1 aliphatic rings. The van der Waals surface area contributed by atoms with Gasteiger partial charge in [-0.3, -0.25) is 4.79 Å². The number of quaternary nitrogens is 1. The van der Waals surface area contributed by atoms with E-state index in [1.807, 2.05) is 0 Å². The zero-order valence-corrected chi connectivity index (χ0v) is 14.5. The van der Waals surface area contributed by atoms with Crippen molar-refractivity contribution >= 4 is 5.97 Å². The molecule has 0 fully saturated rings. The highest BCUT2D eigenvalue weighted by Gasteiger charge is 2.12. The van der Waals surface area contributed by atoms with Crippen LogP contribution in [0, 0.1) is 0 Å². The second kappa shape index (κ2) is 9.86. The summed E-state index contributed by atoms with van der Waals surface area (Å²) in [6, 6.07) is 6.48. The average Bonchev–Trinajstić information content (AvgIpc) is 2.51. The van der Waals surface area contributed by atoms with E-state index in [2.05, 4.69) is 32.0 Å². The van der Waals surface area contributed by atoms with Gasteiger partial charge < -0.3 is 22.0 Å². The Balaban J connectivity index is 0.00000242. The fourth-order valence-electron chi connectivity index (χ4n) is 3.03. The van der Waals surface area contributed by atoms with Crippen molar-refractivity contribution in [3.05, 3.63) is 34.9 Å². The van der Waals surface area contributed by atoms with Crippen LogP contribution in [0.1, 0.15) is 43.4 Å².